The zero-order valence-corrected chi connectivity index (χ0v) is 12.5. The fourth-order valence-electron chi connectivity index (χ4n) is 2.14. The van der Waals surface area contributed by atoms with Crippen molar-refractivity contribution in [1.82, 2.24) is 0 Å². The summed E-state index contributed by atoms with van der Waals surface area (Å²) >= 11 is 1.65. The Hall–Kier alpha value is -1.36. The van der Waals surface area contributed by atoms with Crippen LogP contribution >= 0.6 is 11.3 Å². The van der Waals surface area contributed by atoms with Gasteiger partial charge in [0.25, 0.3) is 0 Å². The minimum absolute atomic E-state index is 0.0493. The van der Waals surface area contributed by atoms with Gasteiger partial charge in [0.15, 0.2) is 0 Å². The highest BCUT2D eigenvalue weighted by Crippen LogP contribution is 2.29. The Balaban J connectivity index is 2.24. The molecular formula is C16H21NO2S. The zero-order valence-electron chi connectivity index (χ0n) is 11.7. The van der Waals surface area contributed by atoms with Crippen LogP contribution in [0.4, 0.5) is 0 Å². The first-order valence-corrected chi connectivity index (χ1v) is 7.83. The van der Waals surface area contributed by atoms with Crippen molar-refractivity contribution >= 4 is 11.3 Å². The molecule has 1 aromatic heterocycles. The van der Waals surface area contributed by atoms with Gasteiger partial charge in [-0.25, -0.2) is 0 Å². The average molecular weight is 291 g/mol. The third kappa shape index (κ3) is 3.60. The number of benzene rings is 1. The number of hydrogen-bond donors (Lipinski definition) is 2. The highest BCUT2D eigenvalue weighted by Gasteiger charge is 2.21. The van der Waals surface area contributed by atoms with Crippen molar-refractivity contribution in [2.75, 3.05) is 6.61 Å². The van der Waals surface area contributed by atoms with Crippen molar-refractivity contribution in [1.29, 1.82) is 0 Å². The highest BCUT2D eigenvalue weighted by molar-refractivity contribution is 7.07. The normalized spacial score (nSPS) is 13.9. The molecule has 0 aliphatic heterocycles. The average Bonchev–Trinajstić information content (AvgIpc) is 3.00. The Labute approximate surface area is 124 Å². The van der Waals surface area contributed by atoms with E-state index in [1.54, 1.807) is 11.3 Å². The molecule has 0 saturated heterocycles. The van der Waals surface area contributed by atoms with Crippen molar-refractivity contribution in [2.45, 2.75) is 31.9 Å². The van der Waals surface area contributed by atoms with Gasteiger partial charge < -0.3 is 15.6 Å². The van der Waals surface area contributed by atoms with Gasteiger partial charge in [-0.3, -0.25) is 0 Å². The van der Waals surface area contributed by atoms with Crippen molar-refractivity contribution < 1.29 is 9.84 Å². The fraction of sp³-hybridized carbons (Fsp3) is 0.375. The van der Waals surface area contributed by atoms with Crippen LogP contribution in [-0.2, 0) is 6.42 Å². The van der Waals surface area contributed by atoms with Crippen LogP contribution in [0.3, 0.4) is 0 Å². The second-order valence-corrected chi connectivity index (χ2v) is 5.53. The van der Waals surface area contributed by atoms with Gasteiger partial charge in [-0.2, -0.15) is 11.3 Å². The quantitative estimate of drug-likeness (QED) is 0.824. The summed E-state index contributed by atoms with van der Waals surface area (Å²) < 4.78 is 6.17. The lowest BCUT2D eigenvalue weighted by atomic mass is 10.0. The van der Waals surface area contributed by atoms with E-state index in [0.717, 1.165) is 23.3 Å². The van der Waals surface area contributed by atoms with E-state index in [2.05, 4.69) is 18.4 Å². The van der Waals surface area contributed by atoms with E-state index in [9.17, 15) is 0 Å². The van der Waals surface area contributed by atoms with Gasteiger partial charge in [-0.1, -0.05) is 25.1 Å². The number of nitrogens with two attached hydrogens (primary N) is 1. The molecule has 0 bridgehead atoms. The standard InChI is InChI=1S/C16H21NO2S/c1-2-14(17)16(13-8-10-20-11-13)19-15-6-4-3-5-12(15)7-9-18/h3-6,8,10-11,14,16,18H,2,7,9,17H2,1H3. The summed E-state index contributed by atoms with van der Waals surface area (Å²) in [6.07, 6.45) is 1.29. The molecule has 3 N–H and O–H groups in total. The van der Waals surface area contributed by atoms with Crippen LogP contribution in [0.5, 0.6) is 5.75 Å². The summed E-state index contributed by atoms with van der Waals surface area (Å²) in [5.74, 6) is 0.807. The number of thiophene rings is 1. The molecule has 2 aromatic rings. The first kappa shape index (κ1) is 15.0. The molecule has 0 saturated carbocycles. The molecule has 0 aliphatic rings. The van der Waals surface area contributed by atoms with Crippen LogP contribution < -0.4 is 10.5 Å². The first-order chi connectivity index (χ1) is 9.76. The zero-order chi connectivity index (χ0) is 14.4. The summed E-state index contributed by atoms with van der Waals surface area (Å²) in [6.45, 7) is 2.18. The Morgan fingerprint density at radius 3 is 2.75 bits per heavy atom. The monoisotopic (exact) mass is 291 g/mol. The van der Waals surface area contributed by atoms with Crippen LogP contribution in [0.1, 0.15) is 30.6 Å². The molecule has 1 heterocycles. The van der Waals surface area contributed by atoms with Gasteiger partial charge in [-0.15, -0.1) is 0 Å². The summed E-state index contributed by atoms with van der Waals surface area (Å²) in [7, 11) is 0. The van der Waals surface area contributed by atoms with Crippen LogP contribution in [0.2, 0.25) is 0 Å². The third-order valence-electron chi connectivity index (χ3n) is 3.34. The van der Waals surface area contributed by atoms with E-state index in [4.69, 9.17) is 15.6 Å². The predicted octanol–water partition coefficient (Wildman–Crippen LogP) is 3.14. The van der Waals surface area contributed by atoms with Crippen molar-refractivity contribution in [2.24, 2.45) is 5.73 Å². The van der Waals surface area contributed by atoms with Gasteiger partial charge in [0.05, 0.1) is 0 Å². The maximum atomic E-state index is 9.14. The summed E-state index contributed by atoms with van der Waals surface area (Å²) in [4.78, 5) is 0. The maximum Gasteiger partial charge on any atom is 0.140 e. The molecule has 0 aliphatic carbocycles. The number of ether oxygens (including phenoxy) is 1. The largest absolute Gasteiger partial charge is 0.484 e. The second-order valence-electron chi connectivity index (χ2n) is 4.75. The molecule has 20 heavy (non-hydrogen) atoms. The Morgan fingerprint density at radius 1 is 1.30 bits per heavy atom. The van der Waals surface area contributed by atoms with E-state index < -0.39 is 0 Å². The predicted molar refractivity (Wildman–Crippen MR) is 83.2 cm³/mol. The molecule has 0 radical (unpaired) electrons. The highest BCUT2D eigenvalue weighted by atomic mass is 32.1. The van der Waals surface area contributed by atoms with Gasteiger partial charge in [0.2, 0.25) is 0 Å². The van der Waals surface area contributed by atoms with Crippen LogP contribution in [-0.4, -0.2) is 17.8 Å². The van der Waals surface area contributed by atoms with Crippen LogP contribution in [0, 0.1) is 0 Å². The number of hydrogen-bond acceptors (Lipinski definition) is 4. The Kier molecular flexibility index (Phi) is 5.59. The molecule has 0 spiro atoms. The number of para-hydroxylation sites is 1. The lowest BCUT2D eigenvalue weighted by molar-refractivity contribution is 0.169. The minimum atomic E-state index is -0.147. The van der Waals surface area contributed by atoms with Crippen molar-refractivity contribution in [3.8, 4) is 5.75 Å². The lowest BCUT2D eigenvalue weighted by Gasteiger charge is -2.25. The molecule has 2 rings (SSSR count). The number of aliphatic hydroxyl groups is 1. The molecule has 108 valence electrons. The molecule has 4 heteroatoms. The fourth-order valence-corrected chi connectivity index (χ4v) is 2.82. The molecule has 3 nitrogen and oxygen atoms in total. The van der Waals surface area contributed by atoms with Gasteiger partial charge >= 0.3 is 0 Å². The van der Waals surface area contributed by atoms with Crippen LogP contribution in [0.25, 0.3) is 0 Å². The molecule has 2 atom stereocenters. The van der Waals surface area contributed by atoms with Gasteiger partial charge in [0, 0.05) is 18.2 Å². The SMILES string of the molecule is CCC(N)C(Oc1ccccc1CCO)c1ccsc1. The van der Waals surface area contributed by atoms with E-state index in [1.165, 1.54) is 0 Å². The second kappa shape index (κ2) is 7.43. The van der Waals surface area contributed by atoms with E-state index >= 15 is 0 Å². The molecule has 0 fully saturated rings. The van der Waals surface area contributed by atoms with E-state index in [0.29, 0.717) is 6.42 Å². The van der Waals surface area contributed by atoms with Gasteiger partial charge in [-0.05, 0) is 41.3 Å². The van der Waals surface area contributed by atoms with Gasteiger partial charge in [0.1, 0.15) is 11.9 Å². The Bertz CT molecular complexity index is 513. The summed E-state index contributed by atoms with van der Waals surface area (Å²) in [6, 6.07) is 9.82. The smallest absolute Gasteiger partial charge is 0.140 e. The summed E-state index contributed by atoms with van der Waals surface area (Å²) in [5.41, 5.74) is 8.34. The summed E-state index contributed by atoms with van der Waals surface area (Å²) in [5, 5.41) is 13.3. The number of aliphatic hydroxyl groups excluding tert-OH is 1. The van der Waals surface area contributed by atoms with Crippen molar-refractivity contribution in [3.05, 3.63) is 52.2 Å². The topological polar surface area (TPSA) is 55.5 Å². The third-order valence-corrected chi connectivity index (χ3v) is 4.04. The van der Waals surface area contributed by atoms with Crippen LogP contribution in [0.15, 0.2) is 41.1 Å². The van der Waals surface area contributed by atoms with Crippen molar-refractivity contribution in [3.63, 3.8) is 0 Å². The Morgan fingerprint density at radius 2 is 2.10 bits per heavy atom. The van der Waals surface area contributed by atoms with E-state index in [1.807, 2.05) is 29.6 Å². The minimum Gasteiger partial charge on any atom is -0.484 e. The molecular weight excluding hydrogens is 270 g/mol. The molecule has 0 amide bonds. The lowest BCUT2D eigenvalue weighted by Crippen LogP contribution is -2.31. The van der Waals surface area contributed by atoms with E-state index in [-0.39, 0.29) is 18.8 Å². The maximum absolute atomic E-state index is 9.14. The molecule has 2 unspecified atom stereocenters. The molecule has 1 aromatic carbocycles. The first-order valence-electron chi connectivity index (χ1n) is 6.89. The number of rotatable bonds is 7.